The van der Waals surface area contributed by atoms with Gasteiger partial charge in [-0.25, -0.2) is 9.98 Å². The molecule has 0 radical (unpaired) electrons. The van der Waals surface area contributed by atoms with Crippen molar-refractivity contribution in [3.63, 3.8) is 0 Å². The fourth-order valence-electron chi connectivity index (χ4n) is 6.99. The molecular formula is C47H31N3O. The third-order valence-electron chi connectivity index (χ3n) is 9.45. The van der Waals surface area contributed by atoms with Crippen molar-refractivity contribution < 1.29 is 14.0 Å². The highest BCUT2D eigenvalue weighted by atomic mass is 16.3. The zero-order valence-electron chi connectivity index (χ0n) is 34.1. The van der Waals surface area contributed by atoms with E-state index in [1.807, 2.05) is 66.7 Å². The average Bonchev–Trinajstić information content (AvgIpc) is 3.63. The molecule has 51 heavy (non-hydrogen) atoms. The van der Waals surface area contributed by atoms with Crippen LogP contribution in [0.3, 0.4) is 0 Å². The predicted molar refractivity (Wildman–Crippen MR) is 211 cm³/mol. The molecule has 0 amide bonds. The van der Waals surface area contributed by atoms with E-state index in [1.165, 1.54) is 6.07 Å². The van der Waals surface area contributed by atoms with Crippen molar-refractivity contribution in [2.75, 3.05) is 0 Å². The standard InChI is InChI=1S/C47H31N3O/c1-3-12-30(13-4-1)33-22-23-35-29-36(25-24-34(35)28-33)45-48-46(39-20-11-17-31-16-7-8-18-37(31)39)50-47(49-45)41-27-26-38(32-14-5-2-6-15-32)44-43(41)40-19-9-10-21-42(40)51-44/h1-29,45H,(H,48,49,50)/i2D,5D,6D,9D,14D,15D,27D. The van der Waals surface area contributed by atoms with Crippen molar-refractivity contribution in [1.82, 2.24) is 5.32 Å². The van der Waals surface area contributed by atoms with Crippen LogP contribution in [0.1, 0.15) is 32.5 Å². The fraction of sp³-hybridized carbons (Fsp3) is 0.0213. The Balaban J connectivity index is 1.21. The Bertz CT molecular complexity index is 3210. The number of para-hydroxylation sites is 1. The van der Waals surface area contributed by atoms with Gasteiger partial charge in [-0.15, -0.1) is 0 Å². The molecule has 0 bridgehead atoms. The first-order valence-electron chi connectivity index (χ1n) is 20.2. The lowest BCUT2D eigenvalue weighted by atomic mass is 9.97. The van der Waals surface area contributed by atoms with Crippen molar-refractivity contribution in [3.05, 3.63) is 192 Å². The molecule has 4 heteroatoms. The summed E-state index contributed by atoms with van der Waals surface area (Å²) in [5.74, 6) is 0.880. The number of nitrogens with one attached hydrogen (secondary N) is 1. The van der Waals surface area contributed by atoms with Crippen LogP contribution in [0.4, 0.5) is 0 Å². The second-order valence-corrected chi connectivity index (χ2v) is 12.5. The Hall–Kier alpha value is -6.78. The zero-order valence-corrected chi connectivity index (χ0v) is 27.1. The second-order valence-electron chi connectivity index (χ2n) is 12.5. The van der Waals surface area contributed by atoms with Crippen LogP contribution >= 0.6 is 0 Å². The summed E-state index contributed by atoms with van der Waals surface area (Å²) >= 11 is 0. The Morgan fingerprint density at radius 1 is 0.510 bits per heavy atom. The van der Waals surface area contributed by atoms with E-state index < -0.39 is 36.4 Å². The molecule has 2 heterocycles. The first-order chi connectivity index (χ1) is 28.1. The summed E-state index contributed by atoms with van der Waals surface area (Å²) in [7, 11) is 0. The molecule has 8 aromatic carbocycles. The number of hydrogen-bond donors (Lipinski definition) is 1. The van der Waals surface area contributed by atoms with Gasteiger partial charge in [0.2, 0.25) is 0 Å². The summed E-state index contributed by atoms with van der Waals surface area (Å²) < 4.78 is 67.2. The van der Waals surface area contributed by atoms with Crippen LogP contribution in [0.5, 0.6) is 0 Å². The van der Waals surface area contributed by atoms with Gasteiger partial charge in [-0.05, 0) is 74.1 Å². The van der Waals surface area contributed by atoms with Crippen LogP contribution < -0.4 is 5.32 Å². The first kappa shape index (κ1) is 22.8. The highest BCUT2D eigenvalue weighted by Gasteiger charge is 2.25. The third-order valence-corrected chi connectivity index (χ3v) is 9.45. The average molecular weight is 661 g/mol. The number of nitrogens with zero attached hydrogens (tertiary/aromatic N) is 2. The first-order valence-corrected chi connectivity index (χ1v) is 16.7. The smallest absolute Gasteiger partial charge is 0.169 e. The minimum Gasteiger partial charge on any atom is -0.455 e. The van der Waals surface area contributed by atoms with Crippen LogP contribution in [0, 0.1) is 0 Å². The third kappa shape index (κ3) is 5.08. The number of benzene rings is 8. The lowest BCUT2D eigenvalue weighted by Gasteiger charge is -2.24. The van der Waals surface area contributed by atoms with Crippen molar-refractivity contribution >= 4 is 55.2 Å². The molecule has 1 aliphatic heterocycles. The van der Waals surface area contributed by atoms with E-state index in [1.54, 1.807) is 18.2 Å². The van der Waals surface area contributed by atoms with E-state index in [2.05, 4.69) is 47.8 Å². The van der Waals surface area contributed by atoms with E-state index >= 15 is 0 Å². The predicted octanol–water partition coefficient (Wildman–Crippen LogP) is 11.7. The van der Waals surface area contributed by atoms with Gasteiger partial charge >= 0.3 is 0 Å². The normalized spacial score (nSPS) is 16.4. The van der Waals surface area contributed by atoms with Crippen LogP contribution in [-0.4, -0.2) is 11.7 Å². The summed E-state index contributed by atoms with van der Waals surface area (Å²) in [6.07, 6.45) is -0.733. The quantitative estimate of drug-likeness (QED) is 0.200. The van der Waals surface area contributed by atoms with Crippen LogP contribution in [0.15, 0.2) is 190 Å². The SMILES string of the molecule is [2H]c1ccc2oc3c(-c4c([2H])c([2H])c([2H])c([2H])c4[2H])cc([2H])c(C4=NC(c5ccc6cc(-c7ccccc7)ccc6c5)N=C(c5cccc6ccccc56)N4)c3c2c1. The lowest BCUT2D eigenvalue weighted by Crippen LogP contribution is -2.36. The van der Waals surface area contributed by atoms with Crippen molar-refractivity contribution in [1.29, 1.82) is 0 Å². The Morgan fingerprint density at radius 2 is 1.29 bits per heavy atom. The summed E-state index contributed by atoms with van der Waals surface area (Å²) in [6.45, 7) is 0. The maximum Gasteiger partial charge on any atom is 0.169 e. The van der Waals surface area contributed by atoms with Crippen LogP contribution in [0.2, 0.25) is 0 Å². The van der Waals surface area contributed by atoms with E-state index in [0.717, 1.165) is 43.8 Å². The summed E-state index contributed by atoms with van der Waals surface area (Å²) in [4.78, 5) is 10.4. The van der Waals surface area contributed by atoms with Crippen LogP contribution in [-0.2, 0) is 0 Å². The largest absolute Gasteiger partial charge is 0.455 e. The molecule has 0 saturated heterocycles. The number of fused-ring (bicyclic) bond motifs is 5. The molecule has 9 aromatic rings. The minimum absolute atomic E-state index is 0.0245. The van der Waals surface area contributed by atoms with Crippen LogP contribution in [0.25, 0.3) is 65.7 Å². The van der Waals surface area contributed by atoms with Gasteiger partial charge in [-0.3, -0.25) is 0 Å². The number of hydrogen-bond acceptors (Lipinski definition) is 4. The van der Waals surface area contributed by atoms with Gasteiger partial charge in [-0.2, -0.15) is 0 Å². The number of furan rings is 1. The van der Waals surface area contributed by atoms with E-state index in [0.29, 0.717) is 33.6 Å². The molecule has 4 nitrogen and oxygen atoms in total. The van der Waals surface area contributed by atoms with Gasteiger partial charge in [-0.1, -0.05) is 145 Å². The van der Waals surface area contributed by atoms with Gasteiger partial charge in [0.15, 0.2) is 6.17 Å². The summed E-state index contributed by atoms with van der Waals surface area (Å²) in [6, 6.07) is 41.1. The molecule has 240 valence electrons. The topological polar surface area (TPSA) is 49.9 Å². The number of rotatable bonds is 5. The molecule has 10 rings (SSSR count). The van der Waals surface area contributed by atoms with E-state index in [4.69, 9.17) is 22.6 Å². The Morgan fingerprint density at radius 3 is 2.20 bits per heavy atom. The molecule has 1 aliphatic rings. The highest BCUT2D eigenvalue weighted by Crippen LogP contribution is 2.39. The molecule has 0 spiro atoms. The van der Waals surface area contributed by atoms with Gasteiger partial charge in [0.05, 0.1) is 9.60 Å². The molecule has 0 aliphatic carbocycles. The fourth-order valence-corrected chi connectivity index (χ4v) is 6.99. The molecule has 1 unspecified atom stereocenters. The molecule has 0 fully saturated rings. The highest BCUT2D eigenvalue weighted by molar-refractivity contribution is 6.26. The van der Waals surface area contributed by atoms with Crippen molar-refractivity contribution in [2.45, 2.75) is 6.17 Å². The summed E-state index contributed by atoms with van der Waals surface area (Å²) in [5, 5.41) is 8.52. The Labute approximate surface area is 304 Å². The zero-order chi connectivity index (χ0) is 39.8. The lowest BCUT2D eigenvalue weighted by molar-refractivity contribution is 0.670. The summed E-state index contributed by atoms with van der Waals surface area (Å²) in [5.41, 5.74) is 4.99. The number of aliphatic imine (C=N–C) groups is 2. The monoisotopic (exact) mass is 660 g/mol. The molecule has 1 atom stereocenters. The van der Waals surface area contributed by atoms with Crippen molar-refractivity contribution in [2.24, 2.45) is 9.98 Å². The second kappa shape index (κ2) is 12.0. The van der Waals surface area contributed by atoms with Gasteiger partial charge in [0, 0.05) is 27.5 Å². The van der Waals surface area contributed by atoms with Gasteiger partial charge < -0.3 is 9.73 Å². The Kier molecular flexibility index (Phi) is 5.35. The van der Waals surface area contributed by atoms with E-state index in [9.17, 15) is 1.37 Å². The van der Waals surface area contributed by atoms with E-state index in [-0.39, 0.29) is 28.8 Å². The maximum absolute atomic E-state index is 9.61. The minimum atomic E-state index is -0.733. The molecule has 1 N–H and O–H groups in total. The van der Waals surface area contributed by atoms with Gasteiger partial charge in [0.1, 0.15) is 22.8 Å². The molecule has 1 aromatic heterocycles. The van der Waals surface area contributed by atoms with Gasteiger partial charge in [0.25, 0.3) is 0 Å². The van der Waals surface area contributed by atoms with Crippen molar-refractivity contribution in [3.8, 4) is 22.3 Å². The molecular weight excluding hydrogens is 623 g/mol. The molecule has 0 saturated carbocycles. The number of amidine groups is 2. The maximum atomic E-state index is 9.61.